The maximum Gasteiger partial charge on any atom is 0.319 e. The van der Waals surface area contributed by atoms with Gasteiger partial charge in [0.25, 0.3) is 5.92 Å². The molecule has 2 bridgehead atoms. The Labute approximate surface area is 281 Å². The van der Waals surface area contributed by atoms with Gasteiger partial charge in [0.15, 0.2) is 5.82 Å². The number of rotatable bonds is 4. The Morgan fingerprint density at radius 1 is 1.08 bits per heavy atom. The summed E-state index contributed by atoms with van der Waals surface area (Å²) in [5.74, 6) is -0.644. The molecule has 1 spiro atoms. The van der Waals surface area contributed by atoms with Crippen LogP contribution in [0.3, 0.4) is 0 Å². The number of benzene rings is 2. The third-order valence-electron chi connectivity index (χ3n) is 12.6. The van der Waals surface area contributed by atoms with Gasteiger partial charge in [-0.1, -0.05) is 37.1 Å². The Morgan fingerprint density at radius 3 is 2.76 bits per heavy atom. The summed E-state index contributed by atoms with van der Waals surface area (Å²) in [6, 6.07) is 8.94. The topological polar surface area (TPSA) is 66.4 Å². The Morgan fingerprint density at radius 2 is 1.94 bits per heavy atom. The normalized spacial score (nSPS) is 32.4. The standard InChI is InChI=1S/C38H36F4N6O/c1-3-23-25(39)10-8-21-6-4-7-24(28(21)23)31-30(40)32-29-27(44-31)14-20(2)33-26-11-9-22(43-26)15-48(33)34(29)46-35(45-32)49-19-37-12-5-13-47(37)18-36(16-37)17-38(36,41)42/h1,4,6-8,10,20,22,26,33,43H,5,9,11-19H2,2H3/t20-,22+,26-,33-,36-,37-/m0/s1. The van der Waals surface area contributed by atoms with E-state index in [-0.39, 0.29) is 59.9 Å². The maximum atomic E-state index is 17.2. The Bertz CT molecular complexity index is 2140. The lowest BCUT2D eigenvalue weighted by molar-refractivity contribution is 0.0647. The number of halogens is 4. The van der Waals surface area contributed by atoms with Crippen molar-refractivity contribution in [3.63, 3.8) is 0 Å². The first-order chi connectivity index (χ1) is 23.6. The smallest absolute Gasteiger partial charge is 0.319 e. The number of piperazine rings is 1. The summed E-state index contributed by atoms with van der Waals surface area (Å²) in [4.78, 5) is 19.2. The van der Waals surface area contributed by atoms with E-state index in [1.54, 1.807) is 18.2 Å². The summed E-state index contributed by atoms with van der Waals surface area (Å²) >= 11 is 0. The molecule has 2 aromatic heterocycles. The third kappa shape index (κ3) is 4.13. The molecule has 1 saturated carbocycles. The molecule has 10 rings (SSSR count). The second kappa shape index (κ2) is 10.0. The minimum atomic E-state index is -2.65. The van der Waals surface area contributed by atoms with Crippen molar-refractivity contribution in [2.75, 3.05) is 31.1 Å². The number of ether oxygens (including phenoxy) is 1. The minimum Gasteiger partial charge on any atom is -0.461 e. The number of pyridine rings is 1. The first-order valence-corrected chi connectivity index (χ1v) is 17.5. The van der Waals surface area contributed by atoms with Crippen LogP contribution in [0.15, 0.2) is 30.3 Å². The zero-order chi connectivity index (χ0) is 33.4. The van der Waals surface area contributed by atoms with E-state index in [9.17, 15) is 8.78 Å². The predicted molar refractivity (Wildman–Crippen MR) is 178 cm³/mol. The summed E-state index contributed by atoms with van der Waals surface area (Å²) < 4.78 is 67.8. The zero-order valence-corrected chi connectivity index (χ0v) is 27.2. The molecule has 1 N–H and O–H groups in total. The second-order valence-electron chi connectivity index (χ2n) is 15.5. The van der Waals surface area contributed by atoms with Gasteiger partial charge in [-0.3, -0.25) is 4.90 Å². The fourth-order valence-corrected chi connectivity index (χ4v) is 10.3. The highest BCUT2D eigenvalue weighted by Crippen LogP contribution is 2.69. The number of fused-ring (bicyclic) bond motifs is 7. The molecule has 4 saturated heterocycles. The average Bonchev–Trinajstić information content (AvgIpc) is 3.40. The van der Waals surface area contributed by atoms with E-state index in [0.29, 0.717) is 59.2 Å². The van der Waals surface area contributed by atoms with Gasteiger partial charge in [-0.25, -0.2) is 22.5 Å². The Kier molecular flexibility index (Phi) is 6.12. The fourth-order valence-electron chi connectivity index (χ4n) is 10.3. The predicted octanol–water partition coefficient (Wildman–Crippen LogP) is 6.25. The molecule has 0 amide bonds. The monoisotopic (exact) mass is 668 g/mol. The minimum absolute atomic E-state index is 0.0293. The molecule has 252 valence electrons. The molecule has 5 fully saturated rings. The van der Waals surface area contributed by atoms with Gasteiger partial charge in [-0.05, 0) is 62.4 Å². The van der Waals surface area contributed by atoms with Crippen molar-refractivity contribution in [1.29, 1.82) is 0 Å². The van der Waals surface area contributed by atoms with Gasteiger partial charge in [0.2, 0.25) is 0 Å². The van der Waals surface area contributed by atoms with E-state index >= 15 is 8.78 Å². The highest BCUT2D eigenvalue weighted by Gasteiger charge is 2.77. The summed E-state index contributed by atoms with van der Waals surface area (Å²) in [6.45, 7) is 4.19. The van der Waals surface area contributed by atoms with Crippen LogP contribution in [0.25, 0.3) is 32.9 Å². The first kappa shape index (κ1) is 29.9. The lowest BCUT2D eigenvalue weighted by Gasteiger charge is -2.43. The van der Waals surface area contributed by atoms with Crippen LogP contribution in [0.1, 0.15) is 56.7 Å². The second-order valence-corrected chi connectivity index (χ2v) is 15.5. The Hall–Kier alpha value is -4.01. The molecule has 49 heavy (non-hydrogen) atoms. The van der Waals surface area contributed by atoms with Crippen molar-refractivity contribution >= 4 is 27.5 Å². The number of terminal acetylenes is 1. The molecule has 11 heteroatoms. The van der Waals surface area contributed by atoms with E-state index in [1.807, 2.05) is 6.07 Å². The van der Waals surface area contributed by atoms with Crippen molar-refractivity contribution in [2.45, 2.75) is 81.5 Å². The van der Waals surface area contributed by atoms with Gasteiger partial charge >= 0.3 is 6.01 Å². The van der Waals surface area contributed by atoms with E-state index in [4.69, 9.17) is 26.1 Å². The molecule has 5 aliphatic heterocycles. The van der Waals surface area contributed by atoms with Gasteiger partial charge < -0.3 is 15.0 Å². The van der Waals surface area contributed by atoms with E-state index in [1.165, 1.54) is 6.07 Å². The molecule has 0 unspecified atom stereocenters. The van der Waals surface area contributed by atoms with Crippen molar-refractivity contribution < 1.29 is 22.3 Å². The largest absolute Gasteiger partial charge is 0.461 e. The number of anilines is 1. The van der Waals surface area contributed by atoms with Crippen LogP contribution in [0.2, 0.25) is 0 Å². The number of hydrogen-bond donors (Lipinski definition) is 1. The molecule has 6 aliphatic rings. The van der Waals surface area contributed by atoms with Crippen LogP contribution in [-0.4, -0.2) is 75.7 Å². The summed E-state index contributed by atoms with van der Waals surface area (Å²) in [5.41, 5.74) is -0.250. The molecular formula is C38H36F4N6O. The number of hydrogen-bond acceptors (Lipinski definition) is 7. The Balaban J connectivity index is 1.15. The van der Waals surface area contributed by atoms with Gasteiger partial charge in [0.1, 0.15) is 29.5 Å². The molecule has 7 nitrogen and oxygen atoms in total. The number of alkyl halides is 2. The van der Waals surface area contributed by atoms with Crippen LogP contribution in [-0.2, 0) is 6.42 Å². The highest BCUT2D eigenvalue weighted by molar-refractivity contribution is 6.02. The van der Waals surface area contributed by atoms with E-state index in [2.05, 4.69) is 28.0 Å². The lowest BCUT2D eigenvalue weighted by Crippen LogP contribution is -2.60. The van der Waals surface area contributed by atoms with Gasteiger partial charge in [-0.15, -0.1) is 6.42 Å². The van der Waals surface area contributed by atoms with Gasteiger partial charge in [-0.2, -0.15) is 9.97 Å². The number of aromatic nitrogens is 3. The zero-order valence-electron chi connectivity index (χ0n) is 27.2. The van der Waals surface area contributed by atoms with Crippen molar-refractivity contribution in [2.24, 2.45) is 11.3 Å². The molecule has 2 aromatic carbocycles. The van der Waals surface area contributed by atoms with Crippen LogP contribution in [0.4, 0.5) is 23.4 Å². The fraction of sp³-hybridized carbons (Fsp3) is 0.500. The quantitative estimate of drug-likeness (QED) is 0.204. The number of nitrogens with one attached hydrogen (secondary N) is 1. The van der Waals surface area contributed by atoms with Crippen LogP contribution in [0, 0.1) is 35.3 Å². The molecular weight excluding hydrogens is 632 g/mol. The first-order valence-electron chi connectivity index (χ1n) is 17.5. The molecule has 4 aromatic rings. The van der Waals surface area contributed by atoms with Crippen LogP contribution < -0.4 is 15.0 Å². The van der Waals surface area contributed by atoms with Crippen molar-refractivity contribution in [3.8, 4) is 29.6 Å². The van der Waals surface area contributed by atoms with Crippen molar-refractivity contribution in [1.82, 2.24) is 25.2 Å². The molecule has 6 atom stereocenters. The summed E-state index contributed by atoms with van der Waals surface area (Å²) in [7, 11) is 0. The highest BCUT2D eigenvalue weighted by atomic mass is 19.3. The molecule has 1 aliphatic carbocycles. The molecule has 0 radical (unpaired) electrons. The number of nitrogens with zero attached hydrogens (tertiary/aromatic N) is 5. The maximum absolute atomic E-state index is 17.2. The van der Waals surface area contributed by atoms with Gasteiger partial charge in [0, 0.05) is 48.6 Å². The van der Waals surface area contributed by atoms with E-state index < -0.39 is 28.5 Å². The average molecular weight is 669 g/mol. The third-order valence-corrected chi connectivity index (χ3v) is 12.6. The van der Waals surface area contributed by atoms with Crippen LogP contribution in [0.5, 0.6) is 6.01 Å². The van der Waals surface area contributed by atoms with E-state index in [0.717, 1.165) is 32.2 Å². The lowest BCUT2D eigenvalue weighted by atomic mass is 9.89. The SMILES string of the molecule is C#Cc1c(F)ccc2cccc(-c3nc4c5c(nc(OC[C@@]67CCCN6C[C@@]6(CC6(F)F)C7)nc5c3F)N3C[C@H]5CC[C@H](N5)[C@@H]3[C@@H](C)C4)c12. The summed E-state index contributed by atoms with van der Waals surface area (Å²) in [5, 5.41) is 5.44. The molecule has 7 heterocycles. The van der Waals surface area contributed by atoms with Crippen LogP contribution >= 0.6 is 0 Å². The van der Waals surface area contributed by atoms with Crippen molar-refractivity contribution in [3.05, 3.63) is 53.2 Å². The van der Waals surface area contributed by atoms with Gasteiger partial charge in [0.05, 0.1) is 27.6 Å². The summed E-state index contributed by atoms with van der Waals surface area (Å²) in [6.07, 6.45) is 10.4.